The van der Waals surface area contributed by atoms with E-state index < -0.39 is 11.8 Å². The molecule has 0 atom stereocenters. The van der Waals surface area contributed by atoms with Crippen LogP contribution in [-0.2, 0) is 11.3 Å². The van der Waals surface area contributed by atoms with E-state index in [2.05, 4.69) is 21.0 Å². The van der Waals surface area contributed by atoms with Crippen LogP contribution < -0.4 is 10.9 Å². The number of nitrogens with one attached hydrogen (secondary N) is 2. The standard InChI is InChI=1S/C20H23FN6O2/c1-12(2)19-17(10-22-27(19)16-7-5-15(21)6-8-16)20(29)24-23-18(28)11-26-14(4)9-13(3)25-26/h5-10,12H,11H2,1-4H3,(H,23,28)(H,24,29). The summed E-state index contributed by atoms with van der Waals surface area (Å²) in [6.07, 6.45) is 1.43. The Hall–Kier alpha value is -3.49. The molecule has 2 aromatic heterocycles. The van der Waals surface area contributed by atoms with Crippen LogP contribution in [0, 0.1) is 19.7 Å². The van der Waals surface area contributed by atoms with E-state index in [-0.39, 0.29) is 18.3 Å². The predicted octanol–water partition coefficient (Wildman–Crippen LogP) is 2.41. The summed E-state index contributed by atoms with van der Waals surface area (Å²) in [6.45, 7) is 7.54. The van der Waals surface area contributed by atoms with Gasteiger partial charge < -0.3 is 0 Å². The van der Waals surface area contributed by atoms with E-state index in [1.165, 1.54) is 18.3 Å². The van der Waals surface area contributed by atoms with Gasteiger partial charge in [-0.1, -0.05) is 13.8 Å². The van der Waals surface area contributed by atoms with Crippen LogP contribution in [0.4, 0.5) is 4.39 Å². The maximum absolute atomic E-state index is 13.2. The molecule has 0 saturated heterocycles. The third kappa shape index (κ3) is 4.50. The normalized spacial score (nSPS) is 11.0. The highest BCUT2D eigenvalue weighted by Gasteiger charge is 2.21. The van der Waals surface area contributed by atoms with Gasteiger partial charge in [-0.2, -0.15) is 10.2 Å². The van der Waals surface area contributed by atoms with Crippen LogP contribution in [0.2, 0.25) is 0 Å². The van der Waals surface area contributed by atoms with Crippen molar-refractivity contribution in [3.8, 4) is 5.69 Å². The number of hydrogen-bond donors (Lipinski definition) is 2. The monoisotopic (exact) mass is 398 g/mol. The second-order valence-corrected chi connectivity index (χ2v) is 7.07. The van der Waals surface area contributed by atoms with Gasteiger partial charge in [0.1, 0.15) is 12.4 Å². The zero-order valence-electron chi connectivity index (χ0n) is 16.7. The van der Waals surface area contributed by atoms with E-state index in [0.29, 0.717) is 16.9 Å². The predicted molar refractivity (Wildman–Crippen MR) is 105 cm³/mol. The first kappa shape index (κ1) is 20.2. The smallest absolute Gasteiger partial charge is 0.271 e. The molecule has 0 unspecified atom stereocenters. The molecule has 152 valence electrons. The molecule has 9 heteroatoms. The number of hydrogen-bond acceptors (Lipinski definition) is 4. The molecule has 3 aromatic rings. The molecule has 0 aliphatic rings. The largest absolute Gasteiger partial charge is 0.273 e. The average Bonchev–Trinajstić information content (AvgIpc) is 3.24. The number of amides is 2. The molecule has 0 bridgehead atoms. The number of carbonyl (C=O) groups is 2. The Kier molecular flexibility index (Phi) is 5.76. The van der Waals surface area contributed by atoms with Gasteiger partial charge in [-0.05, 0) is 50.1 Å². The van der Waals surface area contributed by atoms with Crippen molar-refractivity contribution in [2.24, 2.45) is 0 Å². The van der Waals surface area contributed by atoms with Gasteiger partial charge in [0.05, 0.1) is 28.8 Å². The summed E-state index contributed by atoms with van der Waals surface area (Å²) in [4.78, 5) is 24.8. The second-order valence-electron chi connectivity index (χ2n) is 7.07. The molecule has 1 aromatic carbocycles. The first-order valence-electron chi connectivity index (χ1n) is 9.20. The van der Waals surface area contributed by atoms with Crippen molar-refractivity contribution >= 4 is 11.8 Å². The fourth-order valence-corrected chi connectivity index (χ4v) is 3.08. The number of halogens is 1. The maximum Gasteiger partial charge on any atom is 0.273 e. The topological polar surface area (TPSA) is 93.8 Å². The fraction of sp³-hybridized carbons (Fsp3) is 0.300. The number of benzene rings is 1. The van der Waals surface area contributed by atoms with Crippen molar-refractivity contribution < 1.29 is 14.0 Å². The molecule has 29 heavy (non-hydrogen) atoms. The Morgan fingerprint density at radius 2 is 1.83 bits per heavy atom. The number of rotatable bonds is 5. The fourth-order valence-electron chi connectivity index (χ4n) is 3.08. The van der Waals surface area contributed by atoms with Crippen LogP contribution in [-0.4, -0.2) is 31.4 Å². The lowest BCUT2D eigenvalue weighted by Crippen LogP contribution is -2.43. The van der Waals surface area contributed by atoms with Gasteiger partial charge in [0.2, 0.25) is 0 Å². The summed E-state index contributed by atoms with van der Waals surface area (Å²) in [5.74, 6) is -1.27. The van der Waals surface area contributed by atoms with Gasteiger partial charge in [-0.25, -0.2) is 9.07 Å². The van der Waals surface area contributed by atoms with Gasteiger partial charge in [0.25, 0.3) is 11.8 Å². The summed E-state index contributed by atoms with van der Waals surface area (Å²) >= 11 is 0. The van der Waals surface area contributed by atoms with Crippen LogP contribution in [0.1, 0.15) is 47.2 Å². The van der Waals surface area contributed by atoms with E-state index in [0.717, 1.165) is 11.4 Å². The minimum absolute atomic E-state index is 0.00810. The van der Waals surface area contributed by atoms with Crippen molar-refractivity contribution in [1.29, 1.82) is 0 Å². The minimum atomic E-state index is -0.483. The molecular formula is C20H23FN6O2. The molecule has 2 heterocycles. The van der Waals surface area contributed by atoms with Crippen molar-refractivity contribution in [3.63, 3.8) is 0 Å². The lowest BCUT2D eigenvalue weighted by atomic mass is 10.1. The van der Waals surface area contributed by atoms with Crippen molar-refractivity contribution in [1.82, 2.24) is 30.4 Å². The summed E-state index contributed by atoms with van der Waals surface area (Å²) in [7, 11) is 0. The Labute approximate surface area is 167 Å². The van der Waals surface area contributed by atoms with E-state index >= 15 is 0 Å². The van der Waals surface area contributed by atoms with Crippen molar-refractivity contribution in [2.75, 3.05) is 0 Å². The highest BCUT2D eigenvalue weighted by atomic mass is 19.1. The van der Waals surface area contributed by atoms with Crippen molar-refractivity contribution in [2.45, 2.75) is 40.2 Å². The molecule has 0 fully saturated rings. The highest BCUT2D eigenvalue weighted by Crippen LogP contribution is 2.23. The Bertz CT molecular complexity index is 1040. The van der Waals surface area contributed by atoms with Gasteiger partial charge in [0.15, 0.2) is 0 Å². The molecule has 2 amide bonds. The summed E-state index contributed by atoms with van der Waals surface area (Å²) in [5, 5.41) is 8.49. The minimum Gasteiger partial charge on any atom is -0.271 e. The number of nitrogens with zero attached hydrogens (tertiary/aromatic N) is 4. The average molecular weight is 398 g/mol. The van der Waals surface area contributed by atoms with Crippen LogP contribution in [0.25, 0.3) is 5.69 Å². The molecule has 0 radical (unpaired) electrons. The van der Waals surface area contributed by atoms with Gasteiger partial charge in [0, 0.05) is 5.69 Å². The number of aromatic nitrogens is 4. The molecule has 0 aliphatic carbocycles. The summed E-state index contributed by atoms with van der Waals surface area (Å²) in [6, 6.07) is 7.71. The lowest BCUT2D eigenvalue weighted by Gasteiger charge is -2.13. The Morgan fingerprint density at radius 1 is 1.14 bits per heavy atom. The summed E-state index contributed by atoms with van der Waals surface area (Å²) < 4.78 is 16.4. The molecule has 0 spiro atoms. The van der Waals surface area contributed by atoms with Crippen molar-refractivity contribution in [3.05, 3.63) is 65.0 Å². The molecule has 0 aliphatic heterocycles. The van der Waals surface area contributed by atoms with Gasteiger partial charge in [-0.3, -0.25) is 25.1 Å². The number of carbonyl (C=O) groups excluding carboxylic acids is 2. The maximum atomic E-state index is 13.2. The Morgan fingerprint density at radius 3 is 2.41 bits per heavy atom. The van der Waals surface area contributed by atoms with Crippen LogP contribution in [0.15, 0.2) is 36.5 Å². The van der Waals surface area contributed by atoms with Crippen LogP contribution in [0.3, 0.4) is 0 Å². The van der Waals surface area contributed by atoms with Gasteiger partial charge in [-0.15, -0.1) is 0 Å². The van der Waals surface area contributed by atoms with E-state index in [9.17, 15) is 14.0 Å². The Balaban J connectivity index is 1.73. The number of aryl methyl sites for hydroxylation is 2. The van der Waals surface area contributed by atoms with E-state index in [4.69, 9.17) is 0 Å². The zero-order valence-corrected chi connectivity index (χ0v) is 16.7. The lowest BCUT2D eigenvalue weighted by molar-refractivity contribution is -0.122. The molecule has 3 rings (SSSR count). The molecule has 8 nitrogen and oxygen atoms in total. The molecule has 0 saturated carbocycles. The quantitative estimate of drug-likeness (QED) is 0.646. The SMILES string of the molecule is Cc1cc(C)n(CC(=O)NNC(=O)c2cnn(-c3ccc(F)cc3)c2C(C)C)n1. The number of hydrazine groups is 1. The van der Waals surface area contributed by atoms with Crippen LogP contribution >= 0.6 is 0 Å². The third-order valence-corrected chi connectivity index (χ3v) is 4.38. The first-order valence-corrected chi connectivity index (χ1v) is 9.20. The van der Waals surface area contributed by atoms with E-state index in [1.807, 2.05) is 33.8 Å². The molecular weight excluding hydrogens is 375 g/mol. The molecule has 2 N–H and O–H groups in total. The van der Waals surface area contributed by atoms with E-state index in [1.54, 1.807) is 21.5 Å². The second kappa shape index (κ2) is 8.26. The first-order chi connectivity index (χ1) is 13.8. The zero-order chi connectivity index (χ0) is 21.1. The summed E-state index contributed by atoms with van der Waals surface area (Å²) in [5.41, 5.74) is 8.12. The van der Waals surface area contributed by atoms with Gasteiger partial charge >= 0.3 is 0 Å². The highest BCUT2D eigenvalue weighted by molar-refractivity contribution is 5.96. The third-order valence-electron chi connectivity index (χ3n) is 4.38. The van der Waals surface area contributed by atoms with Crippen LogP contribution in [0.5, 0.6) is 0 Å².